The number of aromatic amines is 1. The van der Waals surface area contributed by atoms with Crippen LogP contribution in [0.5, 0.6) is 0 Å². The van der Waals surface area contributed by atoms with Gasteiger partial charge in [-0.25, -0.2) is 4.98 Å². The van der Waals surface area contributed by atoms with Crippen LogP contribution in [0.1, 0.15) is 68.4 Å². The molecule has 1 aromatic carbocycles. The standard InChI is InChI=1S/C23H29N5O2/c24-19-14-18(21-22(25-19)27-28-26-21)20(17-12-8-3-1-2-4-9-13-17)23(29)30-15-16-10-6-5-7-11-16/h5-7,10-11,14,17,20H,1-4,8-9,12-13,15H2,(H3,24,25,26,27,28). The first kappa shape index (κ1) is 20.3. The second-order valence-electron chi connectivity index (χ2n) is 8.16. The lowest BCUT2D eigenvalue weighted by molar-refractivity contribution is -0.148. The Morgan fingerprint density at radius 3 is 2.50 bits per heavy atom. The maximum atomic E-state index is 13.4. The molecular formula is C23H29N5O2. The van der Waals surface area contributed by atoms with E-state index >= 15 is 0 Å². The number of nitrogens with zero attached hydrogens (tertiary/aromatic N) is 3. The molecule has 1 aliphatic rings. The Kier molecular flexibility index (Phi) is 6.57. The summed E-state index contributed by atoms with van der Waals surface area (Å²) in [6, 6.07) is 11.5. The molecule has 1 aliphatic carbocycles. The van der Waals surface area contributed by atoms with Crippen molar-refractivity contribution in [3.05, 3.63) is 47.5 Å². The number of carbonyl (C=O) groups excluding carboxylic acids is 1. The van der Waals surface area contributed by atoms with Crippen LogP contribution in [0, 0.1) is 5.92 Å². The van der Waals surface area contributed by atoms with Crippen molar-refractivity contribution in [1.29, 1.82) is 0 Å². The van der Waals surface area contributed by atoms with E-state index in [1.165, 1.54) is 25.7 Å². The van der Waals surface area contributed by atoms with Crippen molar-refractivity contribution in [2.45, 2.75) is 63.9 Å². The van der Waals surface area contributed by atoms with Crippen LogP contribution in [0.4, 0.5) is 5.82 Å². The van der Waals surface area contributed by atoms with E-state index in [0.717, 1.165) is 36.8 Å². The van der Waals surface area contributed by atoms with Gasteiger partial charge < -0.3 is 10.5 Å². The molecule has 30 heavy (non-hydrogen) atoms. The van der Waals surface area contributed by atoms with Gasteiger partial charge in [-0.2, -0.15) is 10.3 Å². The number of esters is 1. The van der Waals surface area contributed by atoms with Crippen LogP contribution in [0.3, 0.4) is 0 Å². The molecule has 7 heteroatoms. The summed E-state index contributed by atoms with van der Waals surface area (Å²) in [6.45, 7) is 0.255. The smallest absolute Gasteiger partial charge is 0.314 e. The van der Waals surface area contributed by atoms with E-state index in [9.17, 15) is 4.79 Å². The SMILES string of the molecule is Nc1cc(C(C(=O)OCc2ccccc2)C2CCCCCCCC2)c2n[nH]nc2n1. The molecule has 0 amide bonds. The number of pyridine rings is 1. The molecule has 1 unspecified atom stereocenters. The van der Waals surface area contributed by atoms with Crippen molar-refractivity contribution >= 4 is 23.0 Å². The van der Waals surface area contributed by atoms with Crippen molar-refractivity contribution in [3.63, 3.8) is 0 Å². The fourth-order valence-corrected chi connectivity index (χ4v) is 4.51. The second kappa shape index (κ2) is 9.69. The maximum absolute atomic E-state index is 13.4. The first-order valence-electron chi connectivity index (χ1n) is 10.9. The number of benzene rings is 1. The third kappa shape index (κ3) is 4.78. The van der Waals surface area contributed by atoms with Crippen molar-refractivity contribution in [1.82, 2.24) is 20.4 Å². The number of nitrogen functional groups attached to an aromatic ring is 1. The van der Waals surface area contributed by atoms with Gasteiger partial charge in [-0.05, 0) is 30.4 Å². The lowest BCUT2D eigenvalue weighted by atomic mass is 9.80. The summed E-state index contributed by atoms with van der Waals surface area (Å²) >= 11 is 0. The predicted octanol–water partition coefficient (Wildman–Crippen LogP) is 4.51. The highest BCUT2D eigenvalue weighted by Gasteiger charge is 2.34. The van der Waals surface area contributed by atoms with Gasteiger partial charge in [0, 0.05) is 5.56 Å². The van der Waals surface area contributed by atoms with Gasteiger partial charge in [0.15, 0.2) is 0 Å². The number of anilines is 1. The van der Waals surface area contributed by atoms with Crippen LogP contribution in [-0.4, -0.2) is 26.4 Å². The quantitative estimate of drug-likeness (QED) is 0.603. The van der Waals surface area contributed by atoms with E-state index in [-0.39, 0.29) is 18.5 Å². The van der Waals surface area contributed by atoms with E-state index in [1.54, 1.807) is 6.07 Å². The molecule has 1 saturated carbocycles. The largest absolute Gasteiger partial charge is 0.460 e. The van der Waals surface area contributed by atoms with E-state index in [0.29, 0.717) is 17.0 Å². The minimum absolute atomic E-state index is 0.188. The highest BCUT2D eigenvalue weighted by Crippen LogP contribution is 2.38. The molecule has 158 valence electrons. The molecule has 2 aromatic heterocycles. The Hall–Kier alpha value is -2.96. The van der Waals surface area contributed by atoms with E-state index in [1.807, 2.05) is 30.3 Å². The number of aromatic nitrogens is 4. The Balaban J connectivity index is 1.66. The lowest BCUT2D eigenvalue weighted by Crippen LogP contribution is -2.25. The summed E-state index contributed by atoms with van der Waals surface area (Å²) in [5.74, 6) is -0.119. The lowest BCUT2D eigenvalue weighted by Gasteiger charge is -2.26. The molecule has 1 fully saturated rings. The monoisotopic (exact) mass is 407 g/mol. The van der Waals surface area contributed by atoms with E-state index in [2.05, 4.69) is 20.4 Å². The van der Waals surface area contributed by atoms with Crippen molar-refractivity contribution in [2.75, 3.05) is 5.73 Å². The Morgan fingerprint density at radius 1 is 1.07 bits per heavy atom. The predicted molar refractivity (Wildman–Crippen MR) is 116 cm³/mol. The average molecular weight is 408 g/mol. The Morgan fingerprint density at radius 2 is 1.77 bits per heavy atom. The van der Waals surface area contributed by atoms with Gasteiger partial charge in [0.05, 0.1) is 5.92 Å². The molecule has 0 spiro atoms. The fraction of sp³-hybridized carbons (Fsp3) is 0.478. The first-order chi connectivity index (χ1) is 14.7. The number of nitrogens with one attached hydrogen (secondary N) is 1. The first-order valence-corrected chi connectivity index (χ1v) is 10.9. The molecule has 3 N–H and O–H groups in total. The molecule has 0 bridgehead atoms. The third-order valence-corrected chi connectivity index (χ3v) is 6.03. The number of nitrogens with two attached hydrogens (primary N) is 1. The summed E-state index contributed by atoms with van der Waals surface area (Å²) in [5, 5.41) is 11.0. The molecule has 2 heterocycles. The second-order valence-corrected chi connectivity index (χ2v) is 8.16. The number of ether oxygens (including phenoxy) is 1. The summed E-state index contributed by atoms with van der Waals surface area (Å²) in [6.07, 6.45) is 9.18. The Bertz CT molecular complexity index is 962. The molecule has 7 nitrogen and oxygen atoms in total. The van der Waals surface area contributed by atoms with Gasteiger partial charge in [-0.3, -0.25) is 4.79 Å². The van der Waals surface area contributed by atoms with Crippen molar-refractivity contribution in [2.24, 2.45) is 5.92 Å². The summed E-state index contributed by atoms with van der Waals surface area (Å²) in [5.41, 5.74) is 8.84. The average Bonchev–Trinajstić information content (AvgIpc) is 3.26. The number of carbonyl (C=O) groups is 1. The van der Waals surface area contributed by atoms with Crippen LogP contribution in [0.25, 0.3) is 11.2 Å². The number of hydrogen-bond acceptors (Lipinski definition) is 6. The van der Waals surface area contributed by atoms with Crippen LogP contribution in [0.15, 0.2) is 36.4 Å². The molecule has 0 radical (unpaired) electrons. The molecule has 1 atom stereocenters. The van der Waals surface area contributed by atoms with Gasteiger partial charge in [-0.1, -0.05) is 68.9 Å². The summed E-state index contributed by atoms with van der Waals surface area (Å²) in [7, 11) is 0. The van der Waals surface area contributed by atoms with E-state index in [4.69, 9.17) is 10.5 Å². The van der Waals surface area contributed by atoms with Crippen molar-refractivity contribution < 1.29 is 9.53 Å². The van der Waals surface area contributed by atoms with Gasteiger partial charge in [-0.15, -0.1) is 5.10 Å². The molecule has 0 aliphatic heterocycles. The minimum Gasteiger partial charge on any atom is -0.460 e. The summed E-state index contributed by atoms with van der Waals surface area (Å²) < 4.78 is 5.81. The number of H-pyrrole nitrogens is 1. The number of fused-ring (bicyclic) bond motifs is 1. The summed E-state index contributed by atoms with van der Waals surface area (Å²) in [4.78, 5) is 17.7. The molecule has 4 rings (SSSR count). The number of rotatable bonds is 5. The molecular weight excluding hydrogens is 378 g/mol. The van der Waals surface area contributed by atoms with Crippen LogP contribution in [-0.2, 0) is 16.1 Å². The maximum Gasteiger partial charge on any atom is 0.314 e. The highest BCUT2D eigenvalue weighted by molar-refractivity contribution is 5.86. The van der Waals surface area contributed by atoms with Gasteiger partial charge in [0.1, 0.15) is 17.9 Å². The van der Waals surface area contributed by atoms with E-state index < -0.39 is 5.92 Å². The zero-order valence-corrected chi connectivity index (χ0v) is 17.2. The van der Waals surface area contributed by atoms with Gasteiger partial charge in [0.2, 0.25) is 5.65 Å². The van der Waals surface area contributed by atoms with Crippen LogP contribution in [0.2, 0.25) is 0 Å². The molecule has 3 aromatic rings. The van der Waals surface area contributed by atoms with Gasteiger partial charge >= 0.3 is 5.97 Å². The minimum atomic E-state index is -0.426. The fourth-order valence-electron chi connectivity index (χ4n) is 4.51. The van der Waals surface area contributed by atoms with Crippen LogP contribution < -0.4 is 5.73 Å². The van der Waals surface area contributed by atoms with Gasteiger partial charge in [0.25, 0.3) is 0 Å². The molecule has 0 saturated heterocycles. The van der Waals surface area contributed by atoms with Crippen LogP contribution >= 0.6 is 0 Å². The zero-order chi connectivity index (χ0) is 20.8. The zero-order valence-electron chi connectivity index (χ0n) is 17.2. The third-order valence-electron chi connectivity index (χ3n) is 6.03. The highest BCUT2D eigenvalue weighted by atomic mass is 16.5. The Labute approximate surface area is 176 Å². The normalized spacial score (nSPS) is 17.1. The van der Waals surface area contributed by atoms with Crippen molar-refractivity contribution in [3.8, 4) is 0 Å². The number of hydrogen-bond donors (Lipinski definition) is 2. The topological polar surface area (TPSA) is 107 Å².